The van der Waals surface area contributed by atoms with Crippen LogP contribution < -0.4 is 10.1 Å². The Balaban J connectivity index is 2.06. The Bertz CT molecular complexity index is 565. The molecule has 0 spiro atoms. The Labute approximate surface area is 123 Å². The Morgan fingerprint density at radius 1 is 1.29 bits per heavy atom. The zero-order chi connectivity index (χ0) is 15.3. The van der Waals surface area contributed by atoms with E-state index in [1.54, 1.807) is 24.3 Å². The molecule has 0 radical (unpaired) electrons. The second-order valence-corrected chi connectivity index (χ2v) is 5.07. The number of terminal acetylenes is 1. The predicted octanol–water partition coefficient (Wildman–Crippen LogP) is 1.83. The molecule has 0 atom stereocenters. The molecule has 110 valence electrons. The third-order valence-electron chi connectivity index (χ3n) is 3.66. The zero-order valence-corrected chi connectivity index (χ0v) is 11.6. The normalized spacial score (nSPS) is 16.0. The van der Waals surface area contributed by atoms with Crippen molar-refractivity contribution in [1.82, 2.24) is 5.32 Å². The molecule has 1 fully saturated rings. The Kier molecular flexibility index (Phi) is 4.49. The molecule has 1 saturated carbocycles. The summed E-state index contributed by atoms with van der Waals surface area (Å²) in [5.41, 5.74) is -0.731. The summed E-state index contributed by atoms with van der Waals surface area (Å²) in [6.07, 6.45) is 7.66. The highest BCUT2D eigenvalue weighted by Gasteiger charge is 2.42. The molecule has 1 aliphatic carbocycles. The van der Waals surface area contributed by atoms with Gasteiger partial charge in [-0.15, -0.1) is 6.42 Å². The van der Waals surface area contributed by atoms with Crippen molar-refractivity contribution in [2.24, 2.45) is 0 Å². The summed E-state index contributed by atoms with van der Waals surface area (Å²) in [5, 5.41) is 12.0. The van der Waals surface area contributed by atoms with Crippen molar-refractivity contribution in [2.75, 3.05) is 6.61 Å². The summed E-state index contributed by atoms with van der Waals surface area (Å²) < 4.78 is 5.22. The minimum absolute atomic E-state index is 0.160. The number of carboxylic acid groups (broad SMARTS) is 1. The number of carbonyl (C=O) groups excluding carboxylic acids is 1. The zero-order valence-electron chi connectivity index (χ0n) is 11.6. The molecular formula is C16H17NO4. The number of benzene rings is 1. The van der Waals surface area contributed by atoms with Gasteiger partial charge in [-0.25, -0.2) is 4.79 Å². The number of hydrogen-bond donors (Lipinski definition) is 2. The molecule has 0 aromatic heterocycles. The fourth-order valence-corrected chi connectivity index (χ4v) is 2.49. The number of ether oxygens (including phenoxy) is 1. The van der Waals surface area contributed by atoms with Gasteiger partial charge in [0.1, 0.15) is 17.9 Å². The molecule has 1 aliphatic rings. The first-order valence-electron chi connectivity index (χ1n) is 6.80. The van der Waals surface area contributed by atoms with Gasteiger partial charge in [0.15, 0.2) is 0 Å². The SMILES string of the molecule is C#CCOc1ccc(C(=O)NC2(C(=O)O)CCCC2)cc1. The van der Waals surface area contributed by atoms with Gasteiger partial charge >= 0.3 is 5.97 Å². The number of hydrogen-bond acceptors (Lipinski definition) is 3. The van der Waals surface area contributed by atoms with E-state index in [0.717, 1.165) is 12.8 Å². The van der Waals surface area contributed by atoms with Crippen LogP contribution in [0.1, 0.15) is 36.0 Å². The van der Waals surface area contributed by atoms with E-state index in [4.69, 9.17) is 11.2 Å². The number of carboxylic acids is 1. The summed E-state index contributed by atoms with van der Waals surface area (Å²) in [6.45, 7) is 0.160. The largest absolute Gasteiger partial charge is 0.481 e. The highest BCUT2D eigenvalue weighted by atomic mass is 16.5. The highest BCUT2D eigenvalue weighted by molar-refractivity contribution is 5.98. The van der Waals surface area contributed by atoms with Crippen LogP contribution in [0.3, 0.4) is 0 Å². The van der Waals surface area contributed by atoms with Crippen LogP contribution in [0.15, 0.2) is 24.3 Å². The van der Waals surface area contributed by atoms with Gasteiger partial charge in [-0.3, -0.25) is 4.79 Å². The minimum Gasteiger partial charge on any atom is -0.481 e. The van der Waals surface area contributed by atoms with Gasteiger partial charge in [-0.05, 0) is 37.1 Å². The lowest BCUT2D eigenvalue weighted by Gasteiger charge is -2.25. The van der Waals surface area contributed by atoms with Crippen molar-refractivity contribution in [1.29, 1.82) is 0 Å². The van der Waals surface area contributed by atoms with Crippen molar-refractivity contribution in [3.63, 3.8) is 0 Å². The van der Waals surface area contributed by atoms with Gasteiger partial charge in [0.05, 0.1) is 0 Å². The molecule has 5 nitrogen and oxygen atoms in total. The molecule has 1 amide bonds. The number of rotatable bonds is 5. The first-order chi connectivity index (χ1) is 10.1. The average Bonchev–Trinajstić information content (AvgIpc) is 2.95. The lowest BCUT2D eigenvalue weighted by Crippen LogP contribution is -2.52. The Morgan fingerprint density at radius 3 is 2.43 bits per heavy atom. The lowest BCUT2D eigenvalue weighted by molar-refractivity contribution is -0.144. The van der Waals surface area contributed by atoms with Crippen molar-refractivity contribution in [3.05, 3.63) is 29.8 Å². The quantitative estimate of drug-likeness (QED) is 0.810. The monoisotopic (exact) mass is 287 g/mol. The average molecular weight is 287 g/mol. The van der Waals surface area contributed by atoms with E-state index in [1.165, 1.54) is 0 Å². The second-order valence-electron chi connectivity index (χ2n) is 5.07. The summed E-state index contributed by atoms with van der Waals surface area (Å²) in [7, 11) is 0. The maximum Gasteiger partial charge on any atom is 0.329 e. The van der Waals surface area contributed by atoms with Gasteiger partial charge in [-0.1, -0.05) is 18.8 Å². The molecule has 21 heavy (non-hydrogen) atoms. The number of nitrogens with one attached hydrogen (secondary N) is 1. The molecule has 5 heteroatoms. The van der Waals surface area contributed by atoms with Crippen molar-refractivity contribution in [3.8, 4) is 18.1 Å². The molecule has 2 rings (SSSR count). The van der Waals surface area contributed by atoms with Crippen LogP contribution in [0.25, 0.3) is 0 Å². The van der Waals surface area contributed by atoms with Crippen molar-refractivity contribution < 1.29 is 19.4 Å². The van der Waals surface area contributed by atoms with Crippen molar-refractivity contribution >= 4 is 11.9 Å². The smallest absolute Gasteiger partial charge is 0.329 e. The van der Waals surface area contributed by atoms with E-state index in [0.29, 0.717) is 24.2 Å². The first kappa shape index (κ1) is 14.9. The van der Waals surface area contributed by atoms with E-state index in [2.05, 4.69) is 11.2 Å². The van der Waals surface area contributed by atoms with E-state index in [9.17, 15) is 14.7 Å². The van der Waals surface area contributed by atoms with Crippen LogP contribution in [0.4, 0.5) is 0 Å². The number of carbonyl (C=O) groups is 2. The van der Waals surface area contributed by atoms with Crippen LogP contribution >= 0.6 is 0 Å². The Hall–Kier alpha value is -2.48. The first-order valence-corrected chi connectivity index (χ1v) is 6.80. The number of amides is 1. The van der Waals surface area contributed by atoms with Crippen LogP contribution in [-0.2, 0) is 4.79 Å². The fraction of sp³-hybridized carbons (Fsp3) is 0.375. The molecule has 0 saturated heterocycles. The van der Waals surface area contributed by atoms with Crippen LogP contribution in [0, 0.1) is 12.3 Å². The van der Waals surface area contributed by atoms with E-state index >= 15 is 0 Å². The minimum atomic E-state index is -1.13. The van der Waals surface area contributed by atoms with Crippen LogP contribution in [-0.4, -0.2) is 29.1 Å². The third-order valence-corrected chi connectivity index (χ3v) is 3.66. The molecule has 0 bridgehead atoms. The van der Waals surface area contributed by atoms with E-state index < -0.39 is 11.5 Å². The third kappa shape index (κ3) is 3.34. The molecule has 2 N–H and O–H groups in total. The molecule has 0 heterocycles. The van der Waals surface area contributed by atoms with Gasteiger partial charge in [0.2, 0.25) is 0 Å². The van der Waals surface area contributed by atoms with Crippen LogP contribution in [0.2, 0.25) is 0 Å². The van der Waals surface area contributed by atoms with Crippen LogP contribution in [0.5, 0.6) is 5.75 Å². The summed E-state index contributed by atoms with van der Waals surface area (Å²) in [5.74, 6) is 1.56. The molecule has 0 unspecified atom stereocenters. The summed E-state index contributed by atoms with van der Waals surface area (Å²) >= 11 is 0. The van der Waals surface area contributed by atoms with Crippen molar-refractivity contribution in [2.45, 2.75) is 31.2 Å². The fourth-order valence-electron chi connectivity index (χ4n) is 2.49. The second kappa shape index (κ2) is 6.31. The molecular weight excluding hydrogens is 270 g/mol. The van der Waals surface area contributed by atoms with E-state index in [-0.39, 0.29) is 12.5 Å². The maximum atomic E-state index is 12.2. The maximum absolute atomic E-state index is 12.2. The van der Waals surface area contributed by atoms with Gasteiger partial charge in [-0.2, -0.15) is 0 Å². The van der Waals surface area contributed by atoms with Gasteiger partial charge in [0.25, 0.3) is 5.91 Å². The number of aliphatic carboxylic acids is 1. The van der Waals surface area contributed by atoms with E-state index in [1.807, 2.05) is 0 Å². The summed E-state index contributed by atoms with van der Waals surface area (Å²) in [4.78, 5) is 23.6. The Morgan fingerprint density at radius 2 is 1.90 bits per heavy atom. The molecule has 0 aliphatic heterocycles. The van der Waals surface area contributed by atoms with Gasteiger partial charge < -0.3 is 15.2 Å². The topological polar surface area (TPSA) is 75.6 Å². The highest BCUT2D eigenvalue weighted by Crippen LogP contribution is 2.30. The standard InChI is InChI=1S/C16H17NO4/c1-2-11-21-13-7-5-12(6-8-13)14(18)17-16(15(19)20)9-3-4-10-16/h1,5-8H,3-4,9-11H2,(H,17,18)(H,19,20). The predicted molar refractivity (Wildman–Crippen MR) is 77.1 cm³/mol. The van der Waals surface area contributed by atoms with Gasteiger partial charge in [0, 0.05) is 5.56 Å². The molecule has 1 aromatic carbocycles. The summed E-state index contributed by atoms with van der Waals surface area (Å²) in [6, 6.07) is 6.44. The molecule has 1 aromatic rings. The lowest BCUT2D eigenvalue weighted by atomic mass is 9.97.